The number of carbonyl (C=O) groups is 1. The molecule has 0 unspecified atom stereocenters. The van der Waals surface area contributed by atoms with Crippen molar-refractivity contribution in [2.24, 2.45) is 5.41 Å². The van der Waals surface area contributed by atoms with Crippen LogP contribution in [0.2, 0.25) is 0 Å². The topological polar surface area (TPSA) is 44.8 Å². The largest absolute Gasteiger partial charge is 0.493 e. The molecule has 1 aliphatic heterocycles. The van der Waals surface area contributed by atoms with Gasteiger partial charge in [-0.2, -0.15) is 0 Å². The van der Waals surface area contributed by atoms with Crippen LogP contribution in [-0.2, 0) is 14.0 Å². The summed E-state index contributed by atoms with van der Waals surface area (Å²) in [5.41, 5.74) is 1.58. The van der Waals surface area contributed by atoms with Crippen molar-refractivity contribution in [1.82, 2.24) is 0 Å². The maximum atomic E-state index is 11.8. The maximum absolute atomic E-state index is 11.8. The van der Waals surface area contributed by atoms with Gasteiger partial charge in [-0.15, -0.1) is 0 Å². The molecule has 22 heavy (non-hydrogen) atoms. The molecule has 4 nitrogen and oxygen atoms in total. The van der Waals surface area contributed by atoms with Crippen molar-refractivity contribution in [3.63, 3.8) is 0 Å². The Kier molecular flexibility index (Phi) is 3.93. The predicted molar refractivity (Wildman–Crippen MR) is 86.4 cm³/mol. The summed E-state index contributed by atoms with van der Waals surface area (Å²) in [6, 6.07) is 11.5. The van der Waals surface area contributed by atoms with Crippen molar-refractivity contribution in [2.45, 2.75) is 13.8 Å². The molecular weight excluding hydrogens is 279 g/mol. The molecule has 1 fully saturated rings. The van der Waals surface area contributed by atoms with Crippen LogP contribution < -0.4 is 5.46 Å². The van der Waals surface area contributed by atoms with E-state index in [0.717, 1.165) is 16.2 Å². The third kappa shape index (κ3) is 2.87. The summed E-state index contributed by atoms with van der Waals surface area (Å²) < 4.78 is 16.5. The van der Waals surface area contributed by atoms with Crippen LogP contribution in [0, 0.1) is 5.41 Å². The van der Waals surface area contributed by atoms with Gasteiger partial charge in [-0.25, -0.2) is 4.79 Å². The molecule has 0 saturated carbocycles. The van der Waals surface area contributed by atoms with E-state index in [0.29, 0.717) is 18.8 Å². The molecule has 0 radical (unpaired) electrons. The number of ether oxygens (including phenoxy) is 1. The minimum Gasteiger partial charge on any atom is -0.465 e. The van der Waals surface area contributed by atoms with Gasteiger partial charge in [-0.3, -0.25) is 0 Å². The van der Waals surface area contributed by atoms with E-state index < -0.39 is 0 Å². The van der Waals surface area contributed by atoms with Crippen molar-refractivity contribution < 1.29 is 18.8 Å². The molecule has 1 saturated heterocycles. The molecule has 114 valence electrons. The van der Waals surface area contributed by atoms with Crippen molar-refractivity contribution in [3.8, 4) is 0 Å². The first-order chi connectivity index (χ1) is 10.5. The van der Waals surface area contributed by atoms with Crippen LogP contribution in [0.25, 0.3) is 10.8 Å². The molecule has 1 aliphatic rings. The molecule has 2 aromatic carbocycles. The van der Waals surface area contributed by atoms with Crippen molar-refractivity contribution in [1.29, 1.82) is 0 Å². The van der Waals surface area contributed by atoms with Crippen LogP contribution in [0.3, 0.4) is 0 Å². The Bertz CT molecular complexity index is 701. The van der Waals surface area contributed by atoms with Gasteiger partial charge in [-0.1, -0.05) is 44.2 Å². The number of fused-ring (bicyclic) bond motifs is 1. The third-order valence-corrected chi connectivity index (χ3v) is 3.83. The number of esters is 1. The number of hydrogen-bond donors (Lipinski definition) is 0. The molecule has 0 amide bonds. The minimum atomic E-state index is -0.348. The van der Waals surface area contributed by atoms with Crippen LogP contribution in [-0.4, -0.2) is 33.4 Å². The molecule has 0 bridgehead atoms. The zero-order chi connectivity index (χ0) is 15.7. The van der Waals surface area contributed by atoms with Gasteiger partial charge in [0.1, 0.15) is 0 Å². The highest BCUT2D eigenvalue weighted by atomic mass is 16.6. The first-order valence-corrected chi connectivity index (χ1v) is 7.34. The monoisotopic (exact) mass is 298 g/mol. The second-order valence-corrected chi connectivity index (χ2v) is 6.40. The molecule has 0 aromatic heterocycles. The highest BCUT2D eigenvalue weighted by Gasteiger charge is 2.33. The highest BCUT2D eigenvalue weighted by Crippen LogP contribution is 2.23. The van der Waals surface area contributed by atoms with Crippen molar-refractivity contribution in [3.05, 3.63) is 42.0 Å². The Balaban J connectivity index is 1.93. The summed E-state index contributed by atoms with van der Waals surface area (Å²) in [5, 5.41) is 1.84. The van der Waals surface area contributed by atoms with Crippen molar-refractivity contribution >= 4 is 29.3 Å². The van der Waals surface area contributed by atoms with Gasteiger partial charge >= 0.3 is 13.1 Å². The van der Waals surface area contributed by atoms with Gasteiger partial charge in [0.05, 0.1) is 12.7 Å². The Morgan fingerprint density at radius 1 is 1.18 bits per heavy atom. The summed E-state index contributed by atoms with van der Waals surface area (Å²) in [6.07, 6.45) is 0. The van der Waals surface area contributed by atoms with E-state index in [1.165, 1.54) is 7.11 Å². The Labute approximate surface area is 130 Å². The SMILES string of the molecule is COC(=O)c1cccc2cc(B3OCC(C)(C)CO3)ccc12. The van der Waals surface area contributed by atoms with Gasteiger partial charge in [0, 0.05) is 18.6 Å². The average molecular weight is 298 g/mol. The summed E-state index contributed by atoms with van der Waals surface area (Å²) in [7, 11) is 1.04. The van der Waals surface area contributed by atoms with E-state index in [9.17, 15) is 4.79 Å². The number of carbonyl (C=O) groups excluding carboxylic acids is 1. The van der Waals surface area contributed by atoms with E-state index in [1.54, 1.807) is 6.07 Å². The fraction of sp³-hybridized carbons (Fsp3) is 0.353. The van der Waals surface area contributed by atoms with Crippen LogP contribution >= 0.6 is 0 Å². The average Bonchev–Trinajstić information content (AvgIpc) is 2.53. The number of rotatable bonds is 2. The molecular formula is C17H19BO4. The lowest BCUT2D eigenvalue weighted by molar-refractivity contribution is 0.0343. The summed E-state index contributed by atoms with van der Waals surface area (Å²) in [4.78, 5) is 11.8. The first kappa shape index (κ1) is 15.1. The molecule has 3 rings (SSSR count). The van der Waals surface area contributed by atoms with E-state index >= 15 is 0 Å². The zero-order valence-corrected chi connectivity index (χ0v) is 13.1. The molecule has 1 heterocycles. The van der Waals surface area contributed by atoms with Crippen LogP contribution in [0.15, 0.2) is 36.4 Å². The zero-order valence-electron chi connectivity index (χ0n) is 13.1. The second kappa shape index (κ2) is 5.74. The smallest absolute Gasteiger partial charge is 0.465 e. The summed E-state index contributed by atoms with van der Waals surface area (Å²) in [6.45, 7) is 5.56. The molecule has 0 N–H and O–H groups in total. The summed E-state index contributed by atoms with van der Waals surface area (Å²) >= 11 is 0. The Hall–Kier alpha value is -1.85. The Morgan fingerprint density at radius 2 is 1.91 bits per heavy atom. The van der Waals surface area contributed by atoms with E-state index in [-0.39, 0.29) is 18.5 Å². The second-order valence-electron chi connectivity index (χ2n) is 6.40. The van der Waals surface area contributed by atoms with Crippen molar-refractivity contribution in [2.75, 3.05) is 20.3 Å². The van der Waals surface area contributed by atoms with Gasteiger partial charge in [0.2, 0.25) is 0 Å². The first-order valence-electron chi connectivity index (χ1n) is 7.34. The summed E-state index contributed by atoms with van der Waals surface area (Å²) in [5.74, 6) is -0.328. The fourth-order valence-corrected chi connectivity index (χ4v) is 2.62. The normalized spacial score (nSPS) is 17.5. The van der Waals surface area contributed by atoms with Gasteiger partial charge in [0.15, 0.2) is 0 Å². The fourth-order valence-electron chi connectivity index (χ4n) is 2.62. The Morgan fingerprint density at radius 3 is 2.59 bits per heavy atom. The number of benzene rings is 2. The lowest BCUT2D eigenvalue weighted by Gasteiger charge is -2.33. The van der Waals surface area contributed by atoms with Gasteiger partial charge < -0.3 is 14.0 Å². The predicted octanol–water partition coefficient (Wildman–Crippen LogP) is 2.39. The van der Waals surface area contributed by atoms with Crippen LogP contribution in [0.1, 0.15) is 24.2 Å². The van der Waals surface area contributed by atoms with Gasteiger partial charge in [0.25, 0.3) is 0 Å². The third-order valence-electron chi connectivity index (χ3n) is 3.83. The maximum Gasteiger partial charge on any atom is 0.493 e. The molecule has 0 spiro atoms. The highest BCUT2D eigenvalue weighted by molar-refractivity contribution is 6.61. The standard InChI is InChI=1S/C17H19BO4/c1-17(2)10-21-18(22-11-17)13-7-8-14-12(9-13)5-4-6-15(14)16(19)20-3/h4-9H,10-11H2,1-3H3. The number of hydrogen-bond acceptors (Lipinski definition) is 4. The quantitative estimate of drug-likeness (QED) is 0.631. The minimum absolute atomic E-state index is 0.0470. The van der Waals surface area contributed by atoms with E-state index in [4.69, 9.17) is 14.0 Å². The lowest BCUT2D eigenvalue weighted by atomic mass is 9.75. The lowest BCUT2D eigenvalue weighted by Crippen LogP contribution is -2.47. The molecule has 2 aromatic rings. The molecule has 0 atom stereocenters. The van der Waals surface area contributed by atoms with Crippen LogP contribution in [0.4, 0.5) is 0 Å². The molecule has 0 aliphatic carbocycles. The molecule has 5 heteroatoms. The van der Waals surface area contributed by atoms with Crippen LogP contribution in [0.5, 0.6) is 0 Å². The van der Waals surface area contributed by atoms with E-state index in [2.05, 4.69) is 13.8 Å². The van der Waals surface area contributed by atoms with E-state index in [1.807, 2.05) is 30.3 Å². The number of methoxy groups -OCH3 is 1. The van der Waals surface area contributed by atoms with Gasteiger partial charge in [-0.05, 0) is 22.3 Å².